The lowest BCUT2D eigenvalue weighted by atomic mass is 9.86. The van der Waals surface area contributed by atoms with Crippen LogP contribution in [0.5, 0.6) is 0 Å². The highest BCUT2D eigenvalue weighted by Crippen LogP contribution is 2.31. The van der Waals surface area contributed by atoms with Crippen LogP contribution in [0, 0.1) is 0 Å². The normalized spacial score (nSPS) is 19.0. The molecule has 6 nitrogen and oxygen atoms in total. The maximum absolute atomic E-state index is 12.9. The largest absolute Gasteiger partial charge is 0.392 e. The molecule has 0 heterocycles. The Labute approximate surface area is 219 Å². The smallest absolute Gasteiger partial charge is 0.223 e. The standard InChI is InChI=1S/C30H36N2O4S/c33-26(20-37(35,36)27-14-13-22-6-1-2-7-23(22)17-27)18-30(34)32-29-11-5-8-24-16-21(12-15-28(24)29)19-31-25-9-3-4-10-25/h1-2,6-7,12-17,25-26,29,31,33H,3-5,8-11,18-20H2,(H,32,34)/t26-,29+/m0/s1. The van der Waals surface area contributed by atoms with E-state index in [0.29, 0.717) is 6.04 Å². The molecule has 3 aromatic carbocycles. The van der Waals surface area contributed by atoms with E-state index in [2.05, 4.69) is 28.8 Å². The van der Waals surface area contributed by atoms with Crippen LogP contribution in [0.1, 0.15) is 67.7 Å². The second-order valence-corrected chi connectivity index (χ2v) is 12.6. The molecule has 1 saturated carbocycles. The number of aryl methyl sites for hydroxylation is 1. The third-order valence-corrected chi connectivity index (χ3v) is 9.52. The maximum Gasteiger partial charge on any atom is 0.223 e. The molecule has 3 aromatic rings. The summed E-state index contributed by atoms with van der Waals surface area (Å²) in [5, 5.41) is 19.0. The molecule has 0 spiro atoms. The zero-order valence-corrected chi connectivity index (χ0v) is 22.0. The molecule has 0 unspecified atom stereocenters. The summed E-state index contributed by atoms with van der Waals surface area (Å²) < 4.78 is 25.8. The van der Waals surface area contributed by atoms with Crippen LogP contribution in [0.3, 0.4) is 0 Å². The van der Waals surface area contributed by atoms with Crippen LogP contribution < -0.4 is 10.6 Å². The number of hydrogen-bond acceptors (Lipinski definition) is 5. The average molecular weight is 521 g/mol. The molecule has 0 aromatic heterocycles. The van der Waals surface area contributed by atoms with E-state index in [1.54, 1.807) is 18.2 Å². The summed E-state index contributed by atoms with van der Waals surface area (Å²) in [7, 11) is -3.73. The van der Waals surface area contributed by atoms with Crippen LogP contribution >= 0.6 is 0 Å². The Kier molecular flexibility index (Phi) is 7.93. The number of sulfone groups is 1. The molecule has 37 heavy (non-hydrogen) atoms. The van der Waals surface area contributed by atoms with Crippen molar-refractivity contribution in [2.45, 2.75) is 81.0 Å². The fraction of sp³-hybridized carbons (Fsp3) is 0.433. The first kappa shape index (κ1) is 25.9. The molecule has 0 radical (unpaired) electrons. The second kappa shape index (κ2) is 11.3. The van der Waals surface area contributed by atoms with E-state index in [1.807, 2.05) is 24.3 Å². The number of aliphatic hydroxyl groups is 1. The fourth-order valence-corrected chi connectivity index (χ4v) is 7.15. The first-order chi connectivity index (χ1) is 17.9. The SMILES string of the molecule is O=C(C[C@H](O)CS(=O)(=O)c1ccc2ccccc2c1)N[C@@H]1CCCc2cc(CNC3CCCC3)ccc21. The number of amides is 1. The number of aliphatic hydroxyl groups excluding tert-OH is 1. The average Bonchev–Trinajstić information content (AvgIpc) is 3.40. The molecule has 2 atom stereocenters. The highest BCUT2D eigenvalue weighted by atomic mass is 32.2. The number of hydrogen-bond donors (Lipinski definition) is 3. The summed E-state index contributed by atoms with van der Waals surface area (Å²) in [5.74, 6) is -0.816. The Morgan fingerprint density at radius 3 is 2.54 bits per heavy atom. The van der Waals surface area contributed by atoms with Crippen molar-refractivity contribution in [2.24, 2.45) is 0 Å². The van der Waals surface area contributed by atoms with Gasteiger partial charge in [0.1, 0.15) is 0 Å². The van der Waals surface area contributed by atoms with Crippen molar-refractivity contribution in [1.82, 2.24) is 10.6 Å². The van der Waals surface area contributed by atoms with Crippen molar-refractivity contribution in [3.63, 3.8) is 0 Å². The minimum atomic E-state index is -3.73. The third-order valence-electron chi connectivity index (χ3n) is 7.72. The molecule has 0 aliphatic heterocycles. The minimum absolute atomic E-state index is 0.114. The molecule has 2 aliphatic carbocycles. The van der Waals surface area contributed by atoms with Crippen LogP contribution in [-0.4, -0.2) is 37.3 Å². The Bertz CT molecular complexity index is 1370. The second-order valence-electron chi connectivity index (χ2n) is 10.6. The van der Waals surface area contributed by atoms with Gasteiger partial charge in [0.05, 0.1) is 29.2 Å². The molecule has 1 fully saturated rings. The van der Waals surface area contributed by atoms with Crippen molar-refractivity contribution in [3.05, 3.63) is 77.4 Å². The van der Waals surface area contributed by atoms with E-state index in [1.165, 1.54) is 36.8 Å². The zero-order chi connectivity index (χ0) is 25.8. The third kappa shape index (κ3) is 6.40. The van der Waals surface area contributed by atoms with Gasteiger partial charge in [0.25, 0.3) is 0 Å². The Morgan fingerprint density at radius 1 is 0.946 bits per heavy atom. The van der Waals surface area contributed by atoms with Gasteiger partial charge in [0, 0.05) is 12.6 Å². The van der Waals surface area contributed by atoms with Crippen molar-refractivity contribution >= 4 is 26.5 Å². The summed E-state index contributed by atoms with van der Waals surface area (Å²) in [4.78, 5) is 12.9. The highest BCUT2D eigenvalue weighted by molar-refractivity contribution is 7.91. The molecule has 5 rings (SSSR count). The van der Waals surface area contributed by atoms with Gasteiger partial charge in [-0.2, -0.15) is 0 Å². The number of fused-ring (bicyclic) bond motifs is 2. The molecule has 3 N–H and O–H groups in total. The summed E-state index contributed by atoms with van der Waals surface area (Å²) in [6.45, 7) is 0.868. The van der Waals surface area contributed by atoms with Gasteiger partial charge in [-0.05, 0) is 71.7 Å². The first-order valence-corrected chi connectivity index (χ1v) is 15.1. The molecule has 0 bridgehead atoms. The summed E-state index contributed by atoms with van der Waals surface area (Å²) in [5.41, 5.74) is 3.66. The predicted octanol–water partition coefficient (Wildman–Crippen LogP) is 4.59. The topological polar surface area (TPSA) is 95.5 Å². The lowest BCUT2D eigenvalue weighted by molar-refractivity contribution is -0.123. The molecule has 2 aliphatic rings. The van der Waals surface area contributed by atoms with E-state index in [9.17, 15) is 18.3 Å². The Morgan fingerprint density at radius 2 is 1.73 bits per heavy atom. The van der Waals surface area contributed by atoms with Gasteiger partial charge in [-0.1, -0.05) is 61.4 Å². The fourth-order valence-electron chi connectivity index (χ4n) is 5.76. The molecule has 0 saturated heterocycles. The molecule has 7 heteroatoms. The van der Waals surface area contributed by atoms with Crippen molar-refractivity contribution in [3.8, 4) is 0 Å². The van der Waals surface area contributed by atoms with Crippen LogP contribution in [0.4, 0.5) is 0 Å². The zero-order valence-electron chi connectivity index (χ0n) is 21.2. The number of benzene rings is 3. The highest BCUT2D eigenvalue weighted by Gasteiger charge is 2.26. The Hall–Kier alpha value is -2.74. The van der Waals surface area contributed by atoms with Gasteiger partial charge in [0.15, 0.2) is 9.84 Å². The van der Waals surface area contributed by atoms with Gasteiger partial charge >= 0.3 is 0 Å². The Balaban J connectivity index is 1.17. The predicted molar refractivity (Wildman–Crippen MR) is 146 cm³/mol. The molecular formula is C30H36N2O4S. The summed E-state index contributed by atoms with van der Waals surface area (Å²) >= 11 is 0. The van der Waals surface area contributed by atoms with Crippen molar-refractivity contribution in [1.29, 1.82) is 0 Å². The maximum atomic E-state index is 12.9. The van der Waals surface area contributed by atoms with Crippen molar-refractivity contribution < 1.29 is 18.3 Å². The van der Waals surface area contributed by atoms with E-state index < -0.39 is 21.7 Å². The van der Waals surface area contributed by atoms with Crippen LogP contribution in [-0.2, 0) is 27.6 Å². The summed E-state index contributed by atoms with van der Waals surface area (Å²) in [6.07, 6.45) is 6.43. The van der Waals surface area contributed by atoms with Gasteiger partial charge < -0.3 is 15.7 Å². The van der Waals surface area contributed by atoms with E-state index in [0.717, 1.165) is 42.1 Å². The molecule has 1 amide bonds. The molecular weight excluding hydrogens is 484 g/mol. The number of carbonyl (C=O) groups is 1. The van der Waals surface area contributed by atoms with Crippen LogP contribution in [0.15, 0.2) is 65.6 Å². The lowest BCUT2D eigenvalue weighted by Gasteiger charge is -2.27. The first-order valence-electron chi connectivity index (χ1n) is 13.4. The number of rotatable bonds is 9. The minimum Gasteiger partial charge on any atom is -0.392 e. The summed E-state index contributed by atoms with van der Waals surface area (Å²) in [6, 6.07) is 19.5. The number of nitrogens with one attached hydrogen (secondary N) is 2. The van der Waals surface area contributed by atoms with Gasteiger partial charge in [-0.15, -0.1) is 0 Å². The van der Waals surface area contributed by atoms with Gasteiger partial charge in [-0.25, -0.2) is 8.42 Å². The molecule has 196 valence electrons. The number of carbonyl (C=O) groups excluding carboxylic acids is 1. The van der Waals surface area contributed by atoms with Gasteiger partial charge in [-0.3, -0.25) is 4.79 Å². The van der Waals surface area contributed by atoms with Gasteiger partial charge in [0.2, 0.25) is 5.91 Å². The monoisotopic (exact) mass is 520 g/mol. The van der Waals surface area contributed by atoms with Crippen LogP contribution in [0.25, 0.3) is 10.8 Å². The van der Waals surface area contributed by atoms with Crippen LogP contribution in [0.2, 0.25) is 0 Å². The van der Waals surface area contributed by atoms with Crippen molar-refractivity contribution in [2.75, 3.05) is 5.75 Å². The van der Waals surface area contributed by atoms with E-state index in [-0.39, 0.29) is 23.3 Å². The lowest BCUT2D eigenvalue weighted by Crippen LogP contribution is -2.35. The quantitative estimate of drug-likeness (QED) is 0.384. The van der Waals surface area contributed by atoms with E-state index in [4.69, 9.17) is 0 Å². The van der Waals surface area contributed by atoms with E-state index >= 15 is 0 Å².